The first kappa shape index (κ1) is 20.2. The molecule has 1 N–H and O–H groups in total. The number of nitrogens with one attached hydrogen (secondary N) is 1. The first-order valence-electron chi connectivity index (χ1n) is 11.3. The highest BCUT2D eigenvalue weighted by Gasteiger charge is 2.54. The number of likely N-dealkylation sites (tertiary alicyclic amines) is 1. The van der Waals surface area contributed by atoms with E-state index in [1.807, 2.05) is 82.4 Å². The summed E-state index contributed by atoms with van der Waals surface area (Å²) in [5.41, 5.74) is 3.99. The van der Waals surface area contributed by atoms with E-state index in [1.54, 1.807) is 0 Å². The number of carbonyl (C=O) groups is 2. The van der Waals surface area contributed by atoms with E-state index in [1.165, 1.54) is 11.3 Å². The van der Waals surface area contributed by atoms with Gasteiger partial charge < -0.3 is 10.2 Å². The molecular formula is C26H24N4O2S. The number of benzene rings is 2. The van der Waals surface area contributed by atoms with Crippen molar-refractivity contribution in [2.45, 2.75) is 19.4 Å². The summed E-state index contributed by atoms with van der Waals surface area (Å²) in [4.78, 5) is 34.0. The van der Waals surface area contributed by atoms with E-state index < -0.39 is 0 Å². The van der Waals surface area contributed by atoms with Gasteiger partial charge in [0.25, 0.3) is 11.8 Å². The number of aryl methyl sites for hydroxylation is 1. The second-order valence-corrected chi connectivity index (χ2v) is 9.78. The van der Waals surface area contributed by atoms with Gasteiger partial charge in [-0.2, -0.15) is 0 Å². The van der Waals surface area contributed by atoms with Gasteiger partial charge in [-0.1, -0.05) is 48.5 Å². The van der Waals surface area contributed by atoms with E-state index >= 15 is 0 Å². The Morgan fingerprint density at radius 1 is 1.12 bits per heavy atom. The van der Waals surface area contributed by atoms with Crippen LogP contribution in [0.1, 0.15) is 33.0 Å². The third-order valence-corrected chi connectivity index (χ3v) is 7.69. The van der Waals surface area contributed by atoms with Gasteiger partial charge in [0.15, 0.2) is 4.96 Å². The monoisotopic (exact) mass is 456 g/mol. The maximum atomic E-state index is 13.7. The average Bonchev–Trinajstić information content (AvgIpc) is 3.13. The fourth-order valence-electron chi connectivity index (χ4n) is 5.21. The molecule has 2 aliphatic rings. The predicted molar refractivity (Wildman–Crippen MR) is 128 cm³/mol. The van der Waals surface area contributed by atoms with Gasteiger partial charge >= 0.3 is 0 Å². The summed E-state index contributed by atoms with van der Waals surface area (Å²) in [6.07, 6.45) is 3.00. The summed E-state index contributed by atoms with van der Waals surface area (Å²) in [6, 6.07) is 17.8. The molecule has 2 aromatic carbocycles. The summed E-state index contributed by atoms with van der Waals surface area (Å²) in [6.45, 7) is 3.07. The molecule has 2 fully saturated rings. The van der Waals surface area contributed by atoms with Crippen molar-refractivity contribution in [3.63, 3.8) is 0 Å². The normalized spacial score (nSPS) is 21.2. The van der Waals surface area contributed by atoms with Crippen LogP contribution in [0.5, 0.6) is 0 Å². The number of aromatic nitrogens is 2. The van der Waals surface area contributed by atoms with Crippen LogP contribution in [0.2, 0.25) is 0 Å². The smallest absolute Gasteiger partial charge is 0.270 e. The number of fused-ring (bicyclic) bond motifs is 2. The molecule has 2 amide bonds. The zero-order valence-corrected chi connectivity index (χ0v) is 19.1. The minimum absolute atomic E-state index is 0.0153. The van der Waals surface area contributed by atoms with Gasteiger partial charge in [-0.15, -0.1) is 11.3 Å². The number of hydrogen-bond acceptors (Lipinski definition) is 4. The lowest BCUT2D eigenvalue weighted by Crippen LogP contribution is -2.45. The Morgan fingerprint density at radius 3 is 2.76 bits per heavy atom. The Labute approximate surface area is 195 Å². The molecule has 3 heterocycles. The van der Waals surface area contributed by atoms with Crippen LogP contribution in [0, 0.1) is 18.8 Å². The second-order valence-electron chi connectivity index (χ2n) is 8.91. The van der Waals surface area contributed by atoms with Crippen LogP contribution in [0.3, 0.4) is 0 Å². The average molecular weight is 457 g/mol. The molecule has 7 heteroatoms. The fraction of sp³-hybridized carbons (Fsp3) is 0.269. The van der Waals surface area contributed by atoms with Crippen LogP contribution in [0.25, 0.3) is 16.1 Å². The molecular weight excluding hydrogens is 432 g/mol. The molecule has 3 atom stereocenters. The van der Waals surface area contributed by atoms with Crippen LogP contribution in [0.4, 0.5) is 0 Å². The predicted octanol–water partition coefficient (Wildman–Crippen LogP) is 4.26. The van der Waals surface area contributed by atoms with Crippen LogP contribution in [-0.4, -0.2) is 45.2 Å². The van der Waals surface area contributed by atoms with Crippen LogP contribution in [-0.2, 0) is 0 Å². The zero-order valence-electron chi connectivity index (χ0n) is 18.3. The Bertz CT molecular complexity index is 1360. The van der Waals surface area contributed by atoms with Gasteiger partial charge in [0.1, 0.15) is 5.69 Å². The Hall–Kier alpha value is -3.45. The Balaban J connectivity index is 1.23. The lowest BCUT2D eigenvalue weighted by molar-refractivity contribution is 0.0695. The third kappa shape index (κ3) is 3.43. The first-order valence-corrected chi connectivity index (χ1v) is 12.2. The molecule has 1 saturated carbocycles. The van der Waals surface area contributed by atoms with Gasteiger partial charge in [0, 0.05) is 30.2 Å². The molecule has 6 rings (SSSR count). The highest BCUT2D eigenvalue weighted by atomic mass is 32.1. The molecule has 166 valence electrons. The molecule has 0 unspecified atom stereocenters. The number of carbonyl (C=O) groups excluding carboxylic acids is 2. The number of hydrogen-bond donors (Lipinski definition) is 1. The lowest BCUT2D eigenvalue weighted by Gasteiger charge is -2.28. The van der Waals surface area contributed by atoms with Crippen molar-refractivity contribution in [2.24, 2.45) is 11.8 Å². The molecule has 6 nitrogen and oxygen atoms in total. The largest absolute Gasteiger partial charge is 0.349 e. The number of amides is 2. The van der Waals surface area contributed by atoms with Gasteiger partial charge in [0.2, 0.25) is 0 Å². The number of rotatable bonds is 5. The molecule has 1 saturated heterocycles. The van der Waals surface area contributed by atoms with Crippen molar-refractivity contribution < 1.29 is 9.59 Å². The SMILES string of the molecule is Cc1nc2sccn2c1C(=O)NC[C@@H]1[C@H]2C[C@H]2CN1C(=O)c1ccccc1-c1ccccc1. The highest BCUT2D eigenvalue weighted by Crippen LogP contribution is 2.50. The van der Waals surface area contributed by atoms with E-state index in [2.05, 4.69) is 10.3 Å². The zero-order chi connectivity index (χ0) is 22.5. The number of imidazole rings is 1. The van der Waals surface area contributed by atoms with Crippen molar-refractivity contribution in [3.8, 4) is 11.1 Å². The van der Waals surface area contributed by atoms with E-state index in [0.29, 0.717) is 29.6 Å². The third-order valence-electron chi connectivity index (χ3n) is 6.93. The molecule has 33 heavy (non-hydrogen) atoms. The van der Waals surface area contributed by atoms with Crippen molar-refractivity contribution in [2.75, 3.05) is 13.1 Å². The molecule has 2 aromatic heterocycles. The van der Waals surface area contributed by atoms with E-state index in [9.17, 15) is 9.59 Å². The maximum Gasteiger partial charge on any atom is 0.270 e. The number of piperidine rings is 1. The lowest BCUT2D eigenvalue weighted by atomic mass is 9.98. The summed E-state index contributed by atoms with van der Waals surface area (Å²) >= 11 is 1.51. The van der Waals surface area contributed by atoms with Crippen LogP contribution < -0.4 is 5.32 Å². The standard InChI is InChI=1S/C26H24N4O2S/c1-16-23(29-11-12-33-26(29)28-16)24(31)27-14-22-21-13-18(21)15-30(22)25(32)20-10-6-5-9-19(20)17-7-3-2-4-8-17/h2-12,18,21-22H,13-15H2,1H3,(H,27,31)/t18-,21-,22+/m0/s1. The van der Waals surface area contributed by atoms with Gasteiger partial charge in [-0.05, 0) is 42.4 Å². The Kier molecular flexibility index (Phi) is 4.80. The summed E-state index contributed by atoms with van der Waals surface area (Å²) in [5.74, 6) is 0.909. The van der Waals surface area contributed by atoms with E-state index in [-0.39, 0.29) is 17.9 Å². The van der Waals surface area contributed by atoms with Gasteiger partial charge in [0.05, 0.1) is 11.7 Å². The molecule has 1 aliphatic heterocycles. The van der Waals surface area contributed by atoms with Gasteiger partial charge in [-0.25, -0.2) is 4.98 Å². The molecule has 0 spiro atoms. The molecule has 0 radical (unpaired) electrons. The topological polar surface area (TPSA) is 66.7 Å². The van der Waals surface area contributed by atoms with E-state index in [4.69, 9.17) is 0 Å². The van der Waals surface area contributed by atoms with Crippen LogP contribution >= 0.6 is 11.3 Å². The van der Waals surface area contributed by atoms with Crippen molar-refractivity contribution in [1.29, 1.82) is 0 Å². The number of nitrogens with zero attached hydrogens (tertiary/aromatic N) is 3. The van der Waals surface area contributed by atoms with Crippen molar-refractivity contribution >= 4 is 28.1 Å². The quantitative estimate of drug-likeness (QED) is 0.488. The summed E-state index contributed by atoms with van der Waals surface area (Å²) in [7, 11) is 0. The minimum Gasteiger partial charge on any atom is -0.349 e. The highest BCUT2D eigenvalue weighted by molar-refractivity contribution is 7.15. The number of thiazole rings is 1. The molecule has 0 bridgehead atoms. The van der Waals surface area contributed by atoms with Crippen molar-refractivity contribution in [3.05, 3.63) is 83.1 Å². The van der Waals surface area contributed by atoms with Gasteiger partial charge in [-0.3, -0.25) is 14.0 Å². The Morgan fingerprint density at radius 2 is 1.91 bits per heavy atom. The fourth-order valence-corrected chi connectivity index (χ4v) is 5.97. The van der Waals surface area contributed by atoms with E-state index in [0.717, 1.165) is 34.7 Å². The molecule has 4 aromatic rings. The minimum atomic E-state index is -0.139. The first-order chi connectivity index (χ1) is 16.1. The van der Waals surface area contributed by atoms with Crippen molar-refractivity contribution in [1.82, 2.24) is 19.6 Å². The summed E-state index contributed by atoms with van der Waals surface area (Å²) < 4.78 is 1.84. The molecule has 1 aliphatic carbocycles. The van der Waals surface area contributed by atoms with Crippen LogP contribution in [0.15, 0.2) is 66.2 Å². The second kappa shape index (κ2) is 7.85. The summed E-state index contributed by atoms with van der Waals surface area (Å²) in [5, 5.41) is 5.03. The maximum absolute atomic E-state index is 13.7.